The molecule has 0 saturated carbocycles. The molecular formula is C36H28N4. The number of para-hydroxylation sites is 2. The van der Waals surface area contributed by atoms with Gasteiger partial charge in [-0.1, -0.05) is 79.4 Å². The number of pyridine rings is 1. The lowest BCUT2D eigenvalue weighted by molar-refractivity contribution is 1.10. The number of hydrogen-bond donors (Lipinski definition) is 1. The summed E-state index contributed by atoms with van der Waals surface area (Å²) in [5.41, 5.74) is 17.4. The molecule has 0 aliphatic heterocycles. The van der Waals surface area contributed by atoms with E-state index in [-0.39, 0.29) is 0 Å². The third-order valence-electron chi connectivity index (χ3n) is 7.57. The first-order valence-corrected chi connectivity index (χ1v) is 13.4. The lowest BCUT2D eigenvalue weighted by atomic mass is 10.0. The second-order valence-corrected chi connectivity index (χ2v) is 9.98. The minimum Gasteiger partial charge on any atom is -0.396 e. The number of hydrogen-bond acceptors (Lipinski definition) is 2. The molecule has 7 rings (SSSR count). The Morgan fingerprint density at radius 3 is 1.90 bits per heavy atom. The molecule has 192 valence electrons. The predicted octanol–water partition coefficient (Wildman–Crippen LogP) is 8.49. The molecule has 0 atom stereocenters. The topological polar surface area (TPSA) is 48.8 Å². The number of nitrogen functional groups attached to an aromatic ring is 1. The van der Waals surface area contributed by atoms with E-state index in [0.717, 1.165) is 51.1 Å². The quantitative estimate of drug-likeness (QED) is 0.225. The Labute approximate surface area is 232 Å². The second-order valence-electron chi connectivity index (χ2n) is 9.98. The number of fused-ring (bicyclic) bond motifs is 4. The molecule has 0 unspecified atom stereocenters. The number of anilines is 1. The number of benzene rings is 4. The van der Waals surface area contributed by atoms with Gasteiger partial charge in [0.1, 0.15) is 0 Å². The normalized spacial score (nSPS) is 11.7. The van der Waals surface area contributed by atoms with Crippen LogP contribution < -0.4 is 5.73 Å². The molecule has 4 aromatic carbocycles. The first-order chi connectivity index (χ1) is 19.7. The highest BCUT2D eigenvalue weighted by Crippen LogP contribution is 2.33. The maximum absolute atomic E-state index is 6.55. The van der Waals surface area contributed by atoms with Crippen LogP contribution >= 0.6 is 0 Å². The van der Waals surface area contributed by atoms with Crippen molar-refractivity contribution in [3.63, 3.8) is 0 Å². The van der Waals surface area contributed by atoms with Crippen LogP contribution in [0.5, 0.6) is 0 Å². The zero-order chi connectivity index (χ0) is 27.1. The van der Waals surface area contributed by atoms with E-state index in [1.807, 2.05) is 36.5 Å². The van der Waals surface area contributed by atoms with Crippen molar-refractivity contribution in [3.8, 4) is 11.4 Å². The molecule has 3 aromatic heterocycles. The van der Waals surface area contributed by atoms with Crippen LogP contribution in [-0.4, -0.2) is 14.1 Å². The van der Waals surface area contributed by atoms with Crippen LogP contribution in [0.1, 0.15) is 16.8 Å². The van der Waals surface area contributed by atoms with Crippen molar-refractivity contribution < 1.29 is 0 Å². The fourth-order valence-electron chi connectivity index (χ4n) is 5.71. The molecule has 0 radical (unpaired) electrons. The van der Waals surface area contributed by atoms with Crippen molar-refractivity contribution in [1.29, 1.82) is 0 Å². The van der Waals surface area contributed by atoms with Crippen molar-refractivity contribution in [3.05, 3.63) is 151 Å². The minimum absolute atomic E-state index is 0.775. The van der Waals surface area contributed by atoms with Gasteiger partial charge in [-0.15, -0.1) is 0 Å². The highest BCUT2D eigenvalue weighted by Gasteiger charge is 2.15. The van der Waals surface area contributed by atoms with Gasteiger partial charge in [-0.25, -0.2) is 0 Å². The van der Waals surface area contributed by atoms with Crippen molar-refractivity contribution in [1.82, 2.24) is 14.1 Å². The van der Waals surface area contributed by atoms with E-state index in [1.165, 1.54) is 22.0 Å². The smallest absolute Gasteiger partial charge is 0.0963 e. The van der Waals surface area contributed by atoms with Crippen molar-refractivity contribution in [2.24, 2.45) is 0 Å². The van der Waals surface area contributed by atoms with Crippen LogP contribution in [-0.2, 0) is 6.42 Å². The van der Waals surface area contributed by atoms with E-state index >= 15 is 0 Å². The zero-order valence-corrected chi connectivity index (χ0v) is 22.0. The van der Waals surface area contributed by atoms with Crippen molar-refractivity contribution in [2.45, 2.75) is 6.42 Å². The van der Waals surface area contributed by atoms with E-state index in [1.54, 1.807) is 6.08 Å². The Morgan fingerprint density at radius 1 is 0.650 bits per heavy atom. The van der Waals surface area contributed by atoms with Gasteiger partial charge in [-0.3, -0.25) is 4.98 Å². The first kappa shape index (κ1) is 23.7. The summed E-state index contributed by atoms with van der Waals surface area (Å²) in [4.78, 5) is 4.66. The highest BCUT2D eigenvalue weighted by atomic mass is 15.0. The van der Waals surface area contributed by atoms with Gasteiger partial charge in [-0.2, -0.15) is 0 Å². The van der Waals surface area contributed by atoms with E-state index in [9.17, 15) is 0 Å². The van der Waals surface area contributed by atoms with Crippen molar-refractivity contribution in [2.75, 3.05) is 5.73 Å². The summed E-state index contributed by atoms with van der Waals surface area (Å²) in [5.74, 6) is 0. The van der Waals surface area contributed by atoms with Gasteiger partial charge in [0.2, 0.25) is 0 Å². The number of nitrogens with two attached hydrogens (primary N) is 1. The molecule has 0 amide bonds. The summed E-state index contributed by atoms with van der Waals surface area (Å²) in [6.07, 6.45) is 8.43. The average molecular weight is 517 g/mol. The molecule has 40 heavy (non-hydrogen) atoms. The number of aromatic nitrogens is 3. The average Bonchev–Trinajstić information content (AvgIpc) is 3.49. The lowest BCUT2D eigenvalue weighted by Crippen LogP contribution is -1.99. The Balaban J connectivity index is 1.20. The summed E-state index contributed by atoms with van der Waals surface area (Å²) in [5, 5.41) is 2.22. The molecule has 0 saturated heterocycles. The van der Waals surface area contributed by atoms with Gasteiger partial charge in [0.05, 0.1) is 33.4 Å². The third kappa shape index (κ3) is 3.89. The molecule has 0 bridgehead atoms. The van der Waals surface area contributed by atoms with E-state index in [0.29, 0.717) is 0 Å². The first-order valence-electron chi connectivity index (χ1n) is 13.4. The summed E-state index contributed by atoms with van der Waals surface area (Å²) in [7, 11) is 0. The Hall–Kier alpha value is -5.35. The molecule has 2 N–H and O–H groups in total. The largest absolute Gasteiger partial charge is 0.396 e. The molecule has 0 aliphatic rings. The van der Waals surface area contributed by atoms with Crippen LogP contribution in [0.15, 0.2) is 134 Å². The molecule has 7 aromatic rings. The van der Waals surface area contributed by atoms with Gasteiger partial charge in [0.15, 0.2) is 0 Å². The van der Waals surface area contributed by atoms with Crippen LogP contribution in [0, 0.1) is 0 Å². The molecule has 0 fully saturated rings. The number of rotatable bonds is 6. The number of nitrogens with zero attached hydrogens (tertiary/aromatic N) is 3. The van der Waals surface area contributed by atoms with Gasteiger partial charge in [0, 0.05) is 28.3 Å². The molecule has 4 heteroatoms. The van der Waals surface area contributed by atoms with Crippen LogP contribution in [0.2, 0.25) is 0 Å². The fraction of sp³-hybridized carbons (Fsp3) is 0.0278. The predicted molar refractivity (Wildman–Crippen MR) is 168 cm³/mol. The highest BCUT2D eigenvalue weighted by molar-refractivity contribution is 6.06. The number of allylic oxidation sites excluding steroid dienone is 2. The zero-order valence-electron chi connectivity index (χ0n) is 22.0. The van der Waals surface area contributed by atoms with Gasteiger partial charge >= 0.3 is 0 Å². The second kappa shape index (κ2) is 9.75. The Kier molecular flexibility index (Phi) is 5.79. The third-order valence-corrected chi connectivity index (χ3v) is 7.57. The standard InChI is InChI=1S/C36H28N4/c1-2-3-11-33-35(37)29-9-4-6-12-31(29)39(33)27-19-15-25(16-20-27)24-26-17-21-28(22-18-26)40-32-13-7-5-10-30(32)36-34(40)14-8-23-38-36/h2-23H,1,24,37H2/b11-3-. The van der Waals surface area contributed by atoms with Gasteiger partial charge in [0.25, 0.3) is 0 Å². The SMILES string of the molecule is C=C/C=C\c1c(N)c2ccccc2n1-c1ccc(Cc2ccc(-n3c4ccccc4c4ncccc43)cc2)cc1. The van der Waals surface area contributed by atoms with Crippen LogP contribution in [0.3, 0.4) is 0 Å². The summed E-state index contributed by atoms with van der Waals surface area (Å²) in [6.45, 7) is 3.82. The van der Waals surface area contributed by atoms with Gasteiger partial charge < -0.3 is 14.9 Å². The minimum atomic E-state index is 0.775. The fourth-order valence-corrected chi connectivity index (χ4v) is 5.71. The van der Waals surface area contributed by atoms with Crippen LogP contribution in [0.25, 0.3) is 50.3 Å². The summed E-state index contributed by atoms with van der Waals surface area (Å²) in [6, 6.07) is 38.4. The van der Waals surface area contributed by atoms with Crippen molar-refractivity contribution >= 4 is 44.6 Å². The van der Waals surface area contributed by atoms with E-state index in [4.69, 9.17) is 5.73 Å². The lowest BCUT2D eigenvalue weighted by Gasteiger charge is -2.11. The van der Waals surface area contributed by atoms with E-state index in [2.05, 4.69) is 112 Å². The summed E-state index contributed by atoms with van der Waals surface area (Å²) < 4.78 is 4.51. The molecule has 4 nitrogen and oxygen atoms in total. The maximum Gasteiger partial charge on any atom is 0.0963 e. The van der Waals surface area contributed by atoms with Crippen LogP contribution in [0.4, 0.5) is 5.69 Å². The molecule has 0 aliphatic carbocycles. The molecular weight excluding hydrogens is 488 g/mol. The Morgan fingerprint density at radius 2 is 1.23 bits per heavy atom. The van der Waals surface area contributed by atoms with Gasteiger partial charge in [-0.05, 0) is 72.2 Å². The van der Waals surface area contributed by atoms with E-state index < -0.39 is 0 Å². The Bertz CT molecular complexity index is 1980. The monoisotopic (exact) mass is 516 g/mol. The summed E-state index contributed by atoms with van der Waals surface area (Å²) >= 11 is 0. The molecule has 0 spiro atoms. The maximum atomic E-state index is 6.55. The molecule has 3 heterocycles.